The Bertz CT molecular complexity index is 627. The molecule has 106 valence electrons. The highest BCUT2D eigenvalue weighted by atomic mass is 35.5. The van der Waals surface area contributed by atoms with Gasteiger partial charge in [-0.2, -0.15) is 5.10 Å². The van der Waals surface area contributed by atoms with Gasteiger partial charge in [-0.25, -0.2) is 0 Å². The molecule has 1 atom stereocenters. The van der Waals surface area contributed by atoms with Gasteiger partial charge in [-0.3, -0.25) is 9.48 Å². The van der Waals surface area contributed by atoms with Gasteiger partial charge in [0, 0.05) is 16.2 Å². The maximum absolute atomic E-state index is 10.8. The van der Waals surface area contributed by atoms with Gasteiger partial charge in [-0.15, -0.1) is 0 Å². The zero-order chi connectivity index (χ0) is 14.7. The molecule has 0 fully saturated rings. The van der Waals surface area contributed by atoms with E-state index in [4.69, 9.17) is 28.9 Å². The normalized spacial score (nSPS) is 12.2. The summed E-state index contributed by atoms with van der Waals surface area (Å²) in [5, 5.41) is 8.48. The first-order valence-corrected chi connectivity index (χ1v) is 6.73. The highest BCUT2D eigenvalue weighted by molar-refractivity contribution is 6.35. The summed E-state index contributed by atoms with van der Waals surface area (Å²) < 4.78 is 1.47. The molecule has 1 aromatic heterocycles. The molecule has 0 saturated carbocycles. The van der Waals surface area contributed by atoms with E-state index in [2.05, 4.69) is 10.4 Å². The van der Waals surface area contributed by atoms with E-state index >= 15 is 0 Å². The predicted molar refractivity (Wildman–Crippen MR) is 79.9 cm³/mol. The van der Waals surface area contributed by atoms with Gasteiger partial charge < -0.3 is 11.1 Å². The smallest absolute Gasteiger partial charge is 0.239 e. The molecule has 2 rings (SSSR count). The van der Waals surface area contributed by atoms with Crippen LogP contribution in [0.1, 0.15) is 18.5 Å². The number of nitrogens with one attached hydrogen (secondary N) is 1. The summed E-state index contributed by atoms with van der Waals surface area (Å²) in [4.78, 5) is 10.8. The fourth-order valence-corrected chi connectivity index (χ4v) is 2.44. The van der Waals surface area contributed by atoms with Crippen molar-refractivity contribution < 1.29 is 4.79 Å². The molecule has 2 aromatic rings. The molecular formula is C13H14Cl2N4O. The van der Waals surface area contributed by atoms with Gasteiger partial charge in [0.1, 0.15) is 6.54 Å². The Balaban J connectivity index is 2.09. The van der Waals surface area contributed by atoms with Crippen molar-refractivity contribution in [3.8, 4) is 0 Å². The number of rotatable bonds is 5. The Morgan fingerprint density at radius 1 is 1.50 bits per heavy atom. The number of halogens is 2. The molecule has 1 unspecified atom stereocenters. The first-order valence-electron chi connectivity index (χ1n) is 5.98. The van der Waals surface area contributed by atoms with Gasteiger partial charge >= 0.3 is 0 Å². The number of aromatic nitrogens is 2. The van der Waals surface area contributed by atoms with Crippen LogP contribution in [0.15, 0.2) is 30.6 Å². The van der Waals surface area contributed by atoms with Crippen molar-refractivity contribution in [1.82, 2.24) is 9.78 Å². The lowest BCUT2D eigenvalue weighted by Gasteiger charge is -2.15. The van der Waals surface area contributed by atoms with Crippen molar-refractivity contribution in [1.29, 1.82) is 0 Å². The van der Waals surface area contributed by atoms with E-state index < -0.39 is 5.91 Å². The number of amides is 1. The van der Waals surface area contributed by atoms with Crippen LogP contribution < -0.4 is 11.1 Å². The number of carbonyl (C=O) groups is 1. The van der Waals surface area contributed by atoms with Crippen molar-refractivity contribution in [2.45, 2.75) is 19.5 Å². The molecule has 20 heavy (non-hydrogen) atoms. The summed E-state index contributed by atoms with van der Waals surface area (Å²) in [5.74, 6) is -0.437. The van der Waals surface area contributed by atoms with Gasteiger partial charge in [0.2, 0.25) is 5.91 Å². The van der Waals surface area contributed by atoms with E-state index in [0.29, 0.717) is 10.0 Å². The number of hydrogen-bond donors (Lipinski definition) is 2. The quantitative estimate of drug-likeness (QED) is 0.891. The zero-order valence-electron chi connectivity index (χ0n) is 10.8. The van der Waals surface area contributed by atoms with Crippen LogP contribution in [0.5, 0.6) is 0 Å². The van der Waals surface area contributed by atoms with E-state index in [0.717, 1.165) is 11.3 Å². The van der Waals surface area contributed by atoms with E-state index in [1.807, 2.05) is 13.0 Å². The van der Waals surface area contributed by atoms with Gasteiger partial charge in [0.25, 0.3) is 0 Å². The molecular weight excluding hydrogens is 299 g/mol. The van der Waals surface area contributed by atoms with Crippen LogP contribution in [0.4, 0.5) is 5.69 Å². The molecule has 0 aliphatic heterocycles. The third-order valence-electron chi connectivity index (χ3n) is 2.76. The highest BCUT2D eigenvalue weighted by Crippen LogP contribution is 2.28. The molecule has 1 amide bonds. The fourth-order valence-electron chi connectivity index (χ4n) is 1.86. The lowest BCUT2D eigenvalue weighted by atomic mass is 10.1. The average molecular weight is 313 g/mol. The SMILES string of the molecule is CC(Nc1cnn(CC(N)=O)c1)c1ccc(Cl)cc1Cl. The van der Waals surface area contributed by atoms with Crippen LogP contribution in [0, 0.1) is 0 Å². The largest absolute Gasteiger partial charge is 0.376 e. The minimum atomic E-state index is -0.437. The maximum atomic E-state index is 10.8. The third-order valence-corrected chi connectivity index (χ3v) is 3.33. The predicted octanol–water partition coefficient (Wildman–Crippen LogP) is 2.85. The maximum Gasteiger partial charge on any atom is 0.239 e. The number of primary amides is 1. The molecule has 5 nitrogen and oxygen atoms in total. The number of hydrogen-bond acceptors (Lipinski definition) is 3. The number of benzene rings is 1. The fraction of sp³-hybridized carbons (Fsp3) is 0.231. The van der Waals surface area contributed by atoms with Crippen LogP contribution in [-0.2, 0) is 11.3 Å². The molecule has 0 bridgehead atoms. The van der Waals surface area contributed by atoms with Gasteiger partial charge in [-0.05, 0) is 24.6 Å². The van der Waals surface area contributed by atoms with Gasteiger partial charge in [0.05, 0.1) is 17.9 Å². The van der Waals surface area contributed by atoms with Crippen molar-refractivity contribution in [2.75, 3.05) is 5.32 Å². The van der Waals surface area contributed by atoms with Crippen LogP contribution in [-0.4, -0.2) is 15.7 Å². The van der Waals surface area contributed by atoms with E-state index in [9.17, 15) is 4.79 Å². The first kappa shape index (κ1) is 14.7. The standard InChI is InChI=1S/C13H14Cl2N4O/c1-8(11-3-2-9(14)4-12(11)15)18-10-5-17-19(6-10)7-13(16)20/h2-6,8,18H,7H2,1H3,(H2,16,20). The summed E-state index contributed by atoms with van der Waals surface area (Å²) in [6.07, 6.45) is 3.34. The minimum Gasteiger partial charge on any atom is -0.376 e. The van der Waals surface area contributed by atoms with Crippen LogP contribution in [0.2, 0.25) is 10.0 Å². The Kier molecular flexibility index (Phi) is 4.52. The van der Waals surface area contributed by atoms with Crippen LogP contribution in [0.25, 0.3) is 0 Å². The second-order valence-corrected chi connectivity index (χ2v) is 5.27. The minimum absolute atomic E-state index is 0.0222. The number of anilines is 1. The molecule has 0 spiro atoms. The van der Waals surface area contributed by atoms with E-state index in [-0.39, 0.29) is 12.6 Å². The van der Waals surface area contributed by atoms with Crippen molar-refractivity contribution in [3.05, 3.63) is 46.2 Å². The first-order chi connectivity index (χ1) is 9.45. The van der Waals surface area contributed by atoms with Crippen molar-refractivity contribution >= 4 is 34.8 Å². The van der Waals surface area contributed by atoms with Crippen molar-refractivity contribution in [3.63, 3.8) is 0 Å². The van der Waals surface area contributed by atoms with Gasteiger partial charge in [-0.1, -0.05) is 29.3 Å². The summed E-state index contributed by atoms with van der Waals surface area (Å²) in [6.45, 7) is 2.03. The zero-order valence-corrected chi connectivity index (χ0v) is 12.3. The lowest BCUT2D eigenvalue weighted by Crippen LogP contribution is -2.18. The Morgan fingerprint density at radius 3 is 2.90 bits per heavy atom. The second kappa shape index (κ2) is 6.15. The Hall–Kier alpha value is -1.72. The number of carbonyl (C=O) groups excluding carboxylic acids is 1. The molecule has 0 saturated heterocycles. The Morgan fingerprint density at radius 2 is 2.25 bits per heavy atom. The van der Waals surface area contributed by atoms with Gasteiger partial charge in [0.15, 0.2) is 0 Å². The van der Waals surface area contributed by atoms with Crippen LogP contribution in [0.3, 0.4) is 0 Å². The molecule has 0 aliphatic rings. The second-order valence-electron chi connectivity index (χ2n) is 4.42. The summed E-state index contributed by atoms with van der Waals surface area (Å²) in [6, 6.07) is 5.34. The number of nitrogens with two attached hydrogens (primary N) is 1. The average Bonchev–Trinajstić information content (AvgIpc) is 2.75. The van der Waals surface area contributed by atoms with E-state index in [1.54, 1.807) is 24.5 Å². The monoisotopic (exact) mass is 312 g/mol. The summed E-state index contributed by atoms with van der Waals surface area (Å²) in [5.41, 5.74) is 6.82. The summed E-state index contributed by atoms with van der Waals surface area (Å²) >= 11 is 12.0. The molecule has 0 aliphatic carbocycles. The molecule has 7 heteroatoms. The van der Waals surface area contributed by atoms with E-state index in [1.165, 1.54) is 4.68 Å². The van der Waals surface area contributed by atoms with Crippen LogP contribution >= 0.6 is 23.2 Å². The topological polar surface area (TPSA) is 72.9 Å². The molecule has 1 aromatic carbocycles. The highest BCUT2D eigenvalue weighted by Gasteiger charge is 2.11. The lowest BCUT2D eigenvalue weighted by molar-refractivity contribution is -0.118. The molecule has 0 radical (unpaired) electrons. The Labute approximate surface area is 126 Å². The molecule has 1 heterocycles. The number of nitrogens with zero attached hydrogens (tertiary/aromatic N) is 2. The van der Waals surface area contributed by atoms with Crippen molar-refractivity contribution in [2.24, 2.45) is 5.73 Å². The summed E-state index contributed by atoms with van der Waals surface area (Å²) in [7, 11) is 0. The third kappa shape index (κ3) is 3.65. The molecule has 3 N–H and O–H groups in total.